The van der Waals surface area contributed by atoms with Gasteiger partial charge in [-0.05, 0) is 25.1 Å². The van der Waals surface area contributed by atoms with Crippen LogP contribution in [0, 0.1) is 0 Å². The minimum absolute atomic E-state index is 0. The largest absolute Gasteiger partial charge is 0.329 e. The molecule has 0 spiro atoms. The second kappa shape index (κ2) is 4.73. The number of rotatable bonds is 2. The maximum absolute atomic E-state index is 5.82. The van der Waals surface area contributed by atoms with Crippen LogP contribution in [0.1, 0.15) is 12.1 Å². The Kier molecular flexibility index (Phi) is 3.86. The first kappa shape index (κ1) is 11.4. The van der Waals surface area contributed by atoms with E-state index in [1.54, 1.807) is 0 Å². The number of hydrogen-bond donors (Lipinski definition) is 2. The Morgan fingerprint density at radius 1 is 1.50 bits per heavy atom. The molecule has 4 heteroatoms. The van der Waals surface area contributed by atoms with Gasteiger partial charge in [-0.2, -0.15) is 0 Å². The van der Waals surface area contributed by atoms with Crippen LogP contribution in [0.5, 0.6) is 0 Å². The van der Waals surface area contributed by atoms with E-state index in [0.29, 0.717) is 6.54 Å². The zero-order valence-electron chi connectivity index (χ0n) is 8.07. The van der Waals surface area contributed by atoms with Crippen molar-refractivity contribution in [1.82, 2.24) is 10.3 Å². The summed E-state index contributed by atoms with van der Waals surface area (Å²) in [6.07, 6.45) is 2.94. The molecule has 14 heavy (non-hydrogen) atoms. The fourth-order valence-electron chi connectivity index (χ4n) is 1.92. The molecule has 78 valence electrons. The van der Waals surface area contributed by atoms with Gasteiger partial charge in [-0.1, -0.05) is 6.07 Å². The number of aromatic nitrogens is 1. The summed E-state index contributed by atoms with van der Waals surface area (Å²) in [6.45, 7) is 2.69. The van der Waals surface area contributed by atoms with Crippen LogP contribution in [-0.4, -0.2) is 24.6 Å². The van der Waals surface area contributed by atoms with Gasteiger partial charge in [-0.25, -0.2) is 0 Å². The second-order valence-electron chi connectivity index (χ2n) is 3.63. The Morgan fingerprint density at radius 2 is 2.36 bits per heavy atom. The standard InChI is InChI=1S/C10H15N3.ClH/c11-7-10(4-6-12-8-10)9-3-1-2-5-13-9;/h1-3,5,12H,4,6-8,11H2;1H. The molecule has 1 atom stereocenters. The maximum atomic E-state index is 5.82. The zero-order valence-corrected chi connectivity index (χ0v) is 8.89. The number of hydrogen-bond acceptors (Lipinski definition) is 3. The van der Waals surface area contributed by atoms with Crippen molar-refractivity contribution in [3.8, 4) is 0 Å². The van der Waals surface area contributed by atoms with E-state index in [9.17, 15) is 0 Å². The molecule has 0 amide bonds. The Morgan fingerprint density at radius 3 is 2.86 bits per heavy atom. The summed E-state index contributed by atoms with van der Waals surface area (Å²) < 4.78 is 0. The number of nitrogens with one attached hydrogen (secondary N) is 1. The van der Waals surface area contributed by atoms with Crippen LogP contribution in [0.15, 0.2) is 24.4 Å². The van der Waals surface area contributed by atoms with Crippen LogP contribution in [0.4, 0.5) is 0 Å². The number of pyridine rings is 1. The minimum atomic E-state index is 0. The van der Waals surface area contributed by atoms with Crippen molar-refractivity contribution in [2.45, 2.75) is 11.8 Å². The molecule has 1 aliphatic heterocycles. The minimum Gasteiger partial charge on any atom is -0.329 e. The highest BCUT2D eigenvalue weighted by atomic mass is 35.5. The summed E-state index contributed by atoms with van der Waals surface area (Å²) >= 11 is 0. The lowest BCUT2D eigenvalue weighted by atomic mass is 9.83. The lowest BCUT2D eigenvalue weighted by molar-refractivity contribution is 0.469. The third-order valence-corrected chi connectivity index (χ3v) is 2.84. The summed E-state index contributed by atoms with van der Waals surface area (Å²) in [7, 11) is 0. The molecule has 2 rings (SSSR count). The van der Waals surface area contributed by atoms with Gasteiger partial charge in [-0.15, -0.1) is 12.4 Å². The Balaban J connectivity index is 0.000000980. The summed E-state index contributed by atoms with van der Waals surface area (Å²) in [4.78, 5) is 4.38. The highest BCUT2D eigenvalue weighted by molar-refractivity contribution is 5.85. The van der Waals surface area contributed by atoms with Crippen molar-refractivity contribution >= 4 is 12.4 Å². The monoisotopic (exact) mass is 213 g/mol. The molecular formula is C10H16ClN3. The zero-order chi connectivity index (χ0) is 9.15. The molecule has 0 bridgehead atoms. The van der Waals surface area contributed by atoms with Gasteiger partial charge in [-0.3, -0.25) is 4.98 Å². The molecule has 3 nitrogen and oxygen atoms in total. The van der Waals surface area contributed by atoms with E-state index in [1.807, 2.05) is 18.3 Å². The van der Waals surface area contributed by atoms with E-state index in [0.717, 1.165) is 25.2 Å². The predicted octanol–water partition coefficient (Wildman–Crippen LogP) is 0.693. The van der Waals surface area contributed by atoms with E-state index in [2.05, 4.69) is 16.4 Å². The van der Waals surface area contributed by atoms with E-state index in [-0.39, 0.29) is 17.8 Å². The van der Waals surface area contributed by atoms with Crippen molar-refractivity contribution in [3.63, 3.8) is 0 Å². The summed E-state index contributed by atoms with van der Waals surface area (Å²) in [5, 5.41) is 3.34. The van der Waals surface area contributed by atoms with Crippen molar-refractivity contribution in [1.29, 1.82) is 0 Å². The number of halogens is 1. The molecule has 1 aromatic rings. The van der Waals surface area contributed by atoms with Gasteiger partial charge in [0, 0.05) is 30.4 Å². The van der Waals surface area contributed by atoms with Crippen molar-refractivity contribution in [2.24, 2.45) is 5.73 Å². The molecule has 0 aromatic carbocycles. The van der Waals surface area contributed by atoms with E-state index >= 15 is 0 Å². The second-order valence-corrected chi connectivity index (χ2v) is 3.63. The number of nitrogens with zero attached hydrogens (tertiary/aromatic N) is 1. The Hall–Kier alpha value is -0.640. The van der Waals surface area contributed by atoms with Crippen LogP contribution in [0.2, 0.25) is 0 Å². The summed E-state index contributed by atoms with van der Waals surface area (Å²) in [5.74, 6) is 0. The molecule has 1 unspecified atom stereocenters. The molecule has 1 aromatic heterocycles. The molecular weight excluding hydrogens is 198 g/mol. The van der Waals surface area contributed by atoms with Crippen molar-refractivity contribution < 1.29 is 0 Å². The third kappa shape index (κ3) is 1.90. The van der Waals surface area contributed by atoms with Gasteiger partial charge in [0.2, 0.25) is 0 Å². The molecule has 1 fully saturated rings. The third-order valence-electron chi connectivity index (χ3n) is 2.84. The van der Waals surface area contributed by atoms with Crippen molar-refractivity contribution in [2.75, 3.05) is 19.6 Å². The lowest BCUT2D eigenvalue weighted by Gasteiger charge is -2.25. The number of nitrogens with two attached hydrogens (primary N) is 1. The average molecular weight is 214 g/mol. The summed E-state index contributed by atoms with van der Waals surface area (Å²) in [6, 6.07) is 6.04. The highest BCUT2D eigenvalue weighted by Gasteiger charge is 2.35. The Labute approximate surface area is 90.5 Å². The van der Waals surface area contributed by atoms with Gasteiger partial charge < -0.3 is 11.1 Å². The van der Waals surface area contributed by atoms with Crippen molar-refractivity contribution in [3.05, 3.63) is 30.1 Å². The quantitative estimate of drug-likeness (QED) is 0.760. The van der Waals surface area contributed by atoms with Crippen LogP contribution in [0.25, 0.3) is 0 Å². The molecule has 1 aliphatic rings. The first-order chi connectivity index (χ1) is 6.37. The molecule has 0 radical (unpaired) electrons. The van der Waals surface area contributed by atoms with Gasteiger partial charge in [0.25, 0.3) is 0 Å². The van der Waals surface area contributed by atoms with Gasteiger partial charge in [0.05, 0.1) is 0 Å². The fourth-order valence-corrected chi connectivity index (χ4v) is 1.92. The average Bonchev–Trinajstić information content (AvgIpc) is 2.69. The molecule has 2 heterocycles. The first-order valence-corrected chi connectivity index (χ1v) is 4.70. The molecule has 0 saturated carbocycles. The summed E-state index contributed by atoms with van der Waals surface area (Å²) in [5.41, 5.74) is 7.03. The molecule has 1 saturated heterocycles. The Bertz CT molecular complexity index is 270. The van der Waals surface area contributed by atoms with Gasteiger partial charge >= 0.3 is 0 Å². The molecule has 0 aliphatic carbocycles. The van der Waals surface area contributed by atoms with Crippen LogP contribution >= 0.6 is 12.4 Å². The van der Waals surface area contributed by atoms with E-state index in [1.165, 1.54) is 0 Å². The van der Waals surface area contributed by atoms with Crippen LogP contribution in [0.3, 0.4) is 0 Å². The highest BCUT2D eigenvalue weighted by Crippen LogP contribution is 2.27. The smallest absolute Gasteiger partial charge is 0.0491 e. The van der Waals surface area contributed by atoms with E-state index < -0.39 is 0 Å². The topological polar surface area (TPSA) is 50.9 Å². The SMILES string of the molecule is Cl.NCC1(c2ccccn2)CCNC1. The van der Waals surface area contributed by atoms with Crippen LogP contribution in [-0.2, 0) is 5.41 Å². The predicted molar refractivity (Wildman–Crippen MR) is 59.7 cm³/mol. The van der Waals surface area contributed by atoms with Crippen LogP contribution < -0.4 is 11.1 Å². The van der Waals surface area contributed by atoms with E-state index in [4.69, 9.17) is 5.73 Å². The first-order valence-electron chi connectivity index (χ1n) is 4.70. The molecule has 3 N–H and O–H groups in total. The maximum Gasteiger partial charge on any atom is 0.0491 e. The normalized spacial score (nSPS) is 25.8. The van der Waals surface area contributed by atoms with Gasteiger partial charge in [0.15, 0.2) is 0 Å². The fraction of sp³-hybridized carbons (Fsp3) is 0.500. The van der Waals surface area contributed by atoms with Gasteiger partial charge in [0.1, 0.15) is 0 Å². The lowest BCUT2D eigenvalue weighted by Crippen LogP contribution is -2.37.